The minimum Gasteiger partial charge on any atom is -0.508 e. The summed E-state index contributed by atoms with van der Waals surface area (Å²) in [6.07, 6.45) is 3.02. The lowest BCUT2D eigenvalue weighted by atomic mass is 10.0. The van der Waals surface area contributed by atoms with Gasteiger partial charge < -0.3 is 29.9 Å². The summed E-state index contributed by atoms with van der Waals surface area (Å²) in [5, 5.41) is 15.8. The van der Waals surface area contributed by atoms with Gasteiger partial charge in [-0.05, 0) is 43.5 Å². The summed E-state index contributed by atoms with van der Waals surface area (Å²) >= 11 is 0. The van der Waals surface area contributed by atoms with E-state index in [0.717, 1.165) is 66.0 Å². The fourth-order valence-electron chi connectivity index (χ4n) is 5.26. The van der Waals surface area contributed by atoms with Crippen LogP contribution < -0.4 is 19.9 Å². The Morgan fingerprint density at radius 1 is 1.13 bits per heavy atom. The van der Waals surface area contributed by atoms with Crippen LogP contribution >= 0.6 is 0 Å². The maximum absolute atomic E-state index is 12.1. The largest absolute Gasteiger partial charge is 0.508 e. The third-order valence-corrected chi connectivity index (χ3v) is 7.23. The molecule has 3 aromatic rings. The molecule has 38 heavy (non-hydrogen) atoms. The van der Waals surface area contributed by atoms with Crippen molar-refractivity contribution < 1.29 is 14.6 Å². The predicted octanol–water partition coefficient (Wildman–Crippen LogP) is 3.11. The number of hydrogen-bond donors (Lipinski definition) is 2. The Hall–Kier alpha value is -3.85. The van der Waals surface area contributed by atoms with Crippen molar-refractivity contribution in [1.29, 1.82) is 0 Å². The molecular formula is C29H36N6O3. The molecule has 2 aliphatic rings. The summed E-state index contributed by atoms with van der Waals surface area (Å²) in [6.45, 7) is 12.1. The van der Waals surface area contributed by atoms with Crippen LogP contribution in [-0.4, -0.2) is 78.3 Å². The summed E-state index contributed by atoms with van der Waals surface area (Å²) in [5.74, 6) is 1.13. The molecule has 1 aromatic heterocycles. The molecule has 0 unspecified atom stereocenters. The van der Waals surface area contributed by atoms with Gasteiger partial charge in [-0.15, -0.1) is 0 Å². The van der Waals surface area contributed by atoms with E-state index in [0.29, 0.717) is 45.3 Å². The first-order chi connectivity index (χ1) is 18.6. The predicted molar refractivity (Wildman–Crippen MR) is 150 cm³/mol. The zero-order valence-corrected chi connectivity index (χ0v) is 22.0. The monoisotopic (exact) mass is 516 g/mol. The highest BCUT2D eigenvalue weighted by molar-refractivity contribution is 5.95. The van der Waals surface area contributed by atoms with Crippen molar-refractivity contribution in [3.8, 4) is 11.8 Å². The maximum atomic E-state index is 12.1. The number of nitrogens with one attached hydrogen (secondary N) is 1. The second kappa shape index (κ2) is 11.7. The van der Waals surface area contributed by atoms with Crippen molar-refractivity contribution in [2.75, 3.05) is 62.2 Å². The van der Waals surface area contributed by atoms with Crippen molar-refractivity contribution >= 4 is 28.2 Å². The van der Waals surface area contributed by atoms with Crippen LogP contribution in [-0.2, 0) is 17.8 Å². The molecule has 9 heteroatoms. The Bertz CT molecular complexity index is 1300. The topological polar surface area (TPSA) is 94.1 Å². The van der Waals surface area contributed by atoms with E-state index < -0.39 is 0 Å². The van der Waals surface area contributed by atoms with Crippen molar-refractivity contribution in [3.63, 3.8) is 0 Å². The summed E-state index contributed by atoms with van der Waals surface area (Å²) in [6, 6.07) is 12.1. The number of rotatable bonds is 9. The summed E-state index contributed by atoms with van der Waals surface area (Å²) < 4.78 is 6.03. The van der Waals surface area contributed by atoms with E-state index in [1.807, 2.05) is 29.2 Å². The van der Waals surface area contributed by atoms with Gasteiger partial charge in [0.25, 0.3) is 0 Å². The second-order valence-electron chi connectivity index (χ2n) is 9.68. The normalized spacial score (nSPS) is 15.4. The Kier molecular flexibility index (Phi) is 7.93. The van der Waals surface area contributed by atoms with E-state index in [9.17, 15) is 9.90 Å². The number of aromatic hydroxyl groups is 1. The van der Waals surface area contributed by atoms with Crippen molar-refractivity contribution in [3.05, 3.63) is 60.3 Å². The summed E-state index contributed by atoms with van der Waals surface area (Å²) in [4.78, 5) is 28.2. The van der Waals surface area contributed by atoms with Crippen molar-refractivity contribution in [2.24, 2.45) is 0 Å². The first-order valence-corrected chi connectivity index (χ1v) is 13.4. The van der Waals surface area contributed by atoms with Gasteiger partial charge in [0.05, 0.1) is 18.8 Å². The van der Waals surface area contributed by atoms with Crippen LogP contribution in [0.15, 0.2) is 49.1 Å². The highest BCUT2D eigenvalue weighted by Gasteiger charge is 2.29. The third kappa shape index (κ3) is 5.52. The number of nitrogens with zero attached hydrogens (tertiary/aromatic N) is 5. The molecule has 2 aliphatic heterocycles. The SMILES string of the molecule is C=CC(=O)N1CCN(c2nc(OCCCNCC)nc3c2CCN(c2cc(O)cc4ccccc24)C3)CC1. The zero-order chi connectivity index (χ0) is 26.5. The highest BCUT2D eigenvalue weighted by Crippen LogP contribution is 2.36. The highest BCUT2D eigenvalue weighted by atomic mass is 16.5. The molecular weight excluding hydrogens is 480 g/mol. The van der Waals surface area contributed by atoms with Crippen LogP contribution in [0.25, 0.3) is 10.8 Å². The van der Waals surface area contributed by atoms with E-state index in [2.05, 4.69) is 34.7 Å². The minimum absolute atomic E-state index is 0.0342. The Balaban J connectivity index is 1.43. The molecule has 0 aliphatic carbocycles. The molecule has 1 amide bonds. The molecule has 0 atom stereocenters. The van der Waals surface area contributed by atoms with Gasteiger partial charge in [-0.25, -0.2) is 0 Å². The van der Waals surface area contributed by atoms with Crippen molar-refractivity contribution in [1.82, 2.24) is 20.2 Å². The molecule has 1 saturated heterocycles. The molecule has 0 radical (unpaired) electrons. The number of aromatic nitrogens is 2. The molecule has 0 spiro atoms. The number of piperazine rings is 1. The average Bonchev–Trinajstić information content (AvgIpc) is 2.95. The van der Waals surface area contributed by atoms with Gasteiger partial charge in [0, 0.05) is 55.4 Å². The number of amides is 1. The van der Waals surface area contributed by atoms with E-state index in [-0.39, 0.29) is 11.7 Å². The maximum Gasteiger partial charge on any atom is 0.318 e. The standard InChI is InChI=1S/C29H36N6O3/c1-3-27(37)33-13-15-34(16-14-33)28-24-10-12-35(26-19-22(36)18-21-8-5-6-9-23(21)26)20-25(24)31-29(32-28)38-17-7-11-30-4-2/h3,5-6,8-9,18-19,30,36H,1,4,7,10-17,20H2,2H3. The molecule has 0 bridgehead atoms. The van der Waals surface area contributed by atoms with Crippen LogP contribution in [0, 0.1) is 0 Å². The number of phenolic OH excluding ortho intramolecular Hbond substituents is 1. The van der Waals surface area contributed by atoms with E-state index in [4.69, 9.17) is 14.7 Å². The van der Waals surface area contributed by atoms with Gasteiger partial charge in [0.1, 0.15) is 11.6 Å². The number of benzene rings is 2. The number of hydrogen-bond acceptors (Lipinski definition) is 8. The van der Waals surface area contributed by atoms with Crippen LogP contribution in [0.1, 0.15) is 24.6 Å². The number of fused-ring (bicyclic) bond motifs is 2. The van der Waals surface area contributed by atoms with Gasteiger partial charge in [-0.3, -0.25) is 4.79 Å². The van der Waals surface area contributed by atoms with E-state index in [1.165, 1.54) is 6.08 Å². The molecule has 2 N–H and O–H groups in total. The molecule has 0 saturated carbocycles. The molecule has 1 fully saturated rings. The number of carbonyl (C=O) groups is 1. The van der Waals surface area contributed by atoms with Crippen LogP contribution in [0.5, 0.6) is 11.8 Å². The number of carbonyl (C=O) groups excluding carboxylic acids is 1. The number of anilines is 2. The Labute approximate surface area is 223 Å². The number of ether oxygens (including phenoxy) is 1. The average molecular weight is 517 g/mol. The van der Waals surface area contributed by atoms with E-state index in [1.54, 1.807) is 6.07 Å². The Morgan fingerprint density at radius 3 is 2.74 bits per heavy atom. The molecule has 9 nitrogen and oxygen atoms in total. The van der Waals surface area contributed by atoms with Gasteiger partial charge in [0.2, 0.25) is 5.91 Å². The first-order valence-electron chi connectivity index (χ1n) is 13.4. The van der Waals surface area contributed by atoms with Gasteiger partial charge in [-0.1, -0.05) is 37.8 Å². The second-order valence-corrected chi connectivity index (χ2v) is 9.68. The van der Waals surface area contributed by atoms with Gasteiger partial charge in [-0.2, -0.15) is 9.97 Å². The van der Waals surface area contributed by atoms with Gasteiger partial charge >= 0.3 is 6.01 Å². The van der Waals surface area contributed by atoms with Crippen LogP contribution in [0.3, 0.4) is 0 Å². The summed E-state index contributed by atoms with van der Waals surface area (Å²) in [7, 11) is 0. The quantitative estimate of drug-likeness (QED) is 0.331. The fourth-order valence-corrected chi connectivity index (χ4v) is 5.26. The molecule has 5 rings (SSSR count). The lowest BCUT2D eigenvalue weighted by molar-refractivity contribution is -0.126. The van der Waals surface area contributed by atoms with E-state index >= 15 is 0 Å². The smallest absolute Gasteiger partial charge is 0.318 e. The first kappa shape index (κ1) is 25.8. The van der Waals surface area contributed by atoms with Crippen molar-refractivity contribution in [2.45, 2.75) is 26.3 Å². The Morgan fingerprint density at radius 2 is 1.95 bits per heavy atom. The minimum atomic E-state index is -0.0342. The lowest BCUT2D eigenvalue weighted by Crippen LogP contribution is -2.49. The van der Waals surface area contributed by atoms with Gasteiger partial charge in [0.15, 0.2) is 0 Å². The van der Waals surface area contributed by atoms with Crippen LogP contribution in [0.4, 0.5) is 11.5 Å². The summed E-state index contributed by atoms with van der Waals surface area (Å²) in [5.41, 5.74) is 3.07. The third-order valence-electron chi connectivity index (χ3n) is 7.23. The lowest BCUT2D eigenvalue weighted by Gasteiger charge is -2.38. The number of phenols is 1. The zero-order valence-electron chi connectivity index (χ0n) is 22.0. The molecule has 3 heterocycles. The van der Waals surface area contributed by atoms with Crippen LogP contribution in [0.2, 0.25) is 0 Å². The molecule has 200 valence electrons. The fraction of sp³-hybridized carbons (Fsp3) is 0.414. The molecule has 2 aromatic carbocycles.